The Bertz CT molecular complexity index is 611. The number of nitrogens with two attached hydrogens (primary N) is 1. The van der Waals surface area contributed by atoms with Crippen molar-refractivity contribution in [2.75, 3.05) is 0 Å². The standard InChI is InChI=1S/C10H10ClNO5S/c1-5(9(12)13)18(16,17)6-2-3-8(11)7(4-6)10(14)15/h2-5H,1H3,(H2,12,13)(H,14,15). The van der Waals surface area contributed by atoms with Crippen molar-refractivity contribution in [3.63, 3.8) is 0 Å². The van der Waals surface area contributed by atoms with Crippen LogP contribution < -0.4 is 5.73 Å². The number of hydrogen-bond acceptors (Lipinski definition) is 4. The van der Waals surface area contributed by atoms with Crippen molar-refractivity contribution >= 4 is 33.3 Å². The molecule has 1 aromatic carbocycles. The molecule has 0 aliphatic heterocycles. The van der Waals surface area contributed by atoms with Crippen LogP contribution in [0.1, 0.15) is 17.3 Å². The lowest BCUT2D eigenvalue weighted by Gasteiger charge is -2.10. The lowest BCUT2D eigenvalue weighted by Crippen LogP contribution is -2.33. The van der Waals surface area contributed by atoms with Crippen molar-refractivity contribution in [3.8, 4) is 0 Å². The minimum absolute atomic E-state index is 0.0896. The molecule has 18 heavy (non-hydrogen) atoms. The first-order chi connectivity index (χ1) is 8.17. The average molecular weight is 292 g/mol. The minimum Gasteiger partial charge on any atom is -0.478 e. The monoisotopic (exact) mass is 291 g/mol. The summed E-state index contributed by atoms with van der Waals surface area (Å²) in [5, 5.41) is 7.30. The summed E-state index contributed by atoms with van der Waals surface area (Å²) in [4.78, 5) is 21.4. The van der Waals surface area contributed by atoms with Crippen molar-refractivity contribution in [2.45, 2.75) is 17.1 Å². The second-order valence-electron chi connectivity index (χ2n) is 3.54. The Labute approximate surface area is 108 Å². The lowest BCUT2D eigenvalue weighted by molar-refractivity contribution is -0.117. The molecule has 0 fully saturated rings. The van der Waals surface area contributed by atoms with E-state index < -0.39 is 27.0 Å². The van der Waals surface area contributed by atoms with E-state index in [1.807, 2.05) is 0 Å². The summed E-state index contributed by atoms with van der Waals surface area (Å²) >= 11 is 5.62. The Hall–Kier alpha value is -1.60. The van der Waals surface area contributed by atoms with Crippen molar-refractivity contribution in [3.05, 3.63) is 28.8 Å². The smallest absolute Gasteiger partial charge is 0.337 e. The highest BCUT2D eigenvalue weighted by molar-refractivity contribution is 7.92. The van der Waals surface area contributed by atoms with Crippen molar-refractivity contribution in [1.29, 1.82) is 0 Å². The molecule has 1 rings (SSSR count). The van der Waals surface area contributed by atoms with Crippen LogP contribution in [0, 0.1) is 0 Å². The van der Waals surface area contributed by atoms with E-state index in [9.17, 15) is 18.0 Å². The summed E-state index contributed by atoms with van der Waals surface area (Å²) in [5.41, 5.74) is 4.57. The molecule has 1 atom stereocenters. The van der Waals surface area contributed by atoms with E-state index in [-0.39, 0.29) is 15.5 Å². The van der Waals surface area contributed by atoms with E-state index in [4.69, 9.17) is 22.4 Å². The number of carboxylic acids is 1. The Morgan fingerprint density at radius 3 is 2.39 bits per heavy atom. The first kappa shape index (κ1) is 14.5. The van der Waals surface area contributed by atoms with Crippen LogP contribution in [-0.2, 0) is 14.6 Å². The van der Waals surface area contributed by atoms with E-state index in [0.717, 1.165) is 25.1 Å². The summed E-state index contributed by atoms with van der Waals surface area (Å²) in [5.74, 6) is -2.37. The van der Waals surface area contributed by atoms with Crippen molar-refractivity contribution in [1.82, 2.24) is 0 Å². The molecule has 0 aliphatic rings. The van der Waals surface area contributed by atoms with Crippen LogP contribution in [0.25, 0.3) is 0 Å². The predicted octanol–water partition coefficient (Wildman–Crippen LogP) is 0.686. The Morgan fingerprint density at radius 2 is 1.94 bits per heavy atom. The van der Waals surface area contributed by atoms with Crippen LogP contribution in [0.5, 0.6) is 0 Å². The molecule has 8 heteroatoms. The Balaban J connectivity index is 3.39. The number of rotatable bonds is 4. The van der Waals surface area contributed by atoms with Gasteiger partial charge in [0.15, 0.2) is 9.84 Å². The highest BCUT2D eigenvalue weighted by Gasteiger charge is 2.29. The van der Waals surface area contributed by atoms with Crippen LogP contribution in [0.3, 0.4) is 0 Å². The van der Waals surface area contributed by atoms with E-state index in [1.54, 1.807) is 0 Å². The zero-order valence-corrected chi connectivity index (χ0v) is 10.8. The molecule has 0 radical (unpaired) electrons. The van der Waals surface area contributed by atoms with Crippen LogP contribution in [0.4, 0.5) is 0 Å². The quantitative estimate of drug-likeness (QED) is 0.847. The van der Waals surface area contributed by atoms with E-state index >= 15 is 0 Å². The van der Waals surface area contributed by atoms with Gasteiger partial charge in [-0.1, -0.05) is 11.6 Å². The molecule has 0 saturated heterocycles. The van der Waals surface area contributed by atoms with Gasteiger partial charge in [-0.3, -0.25) is 4.79 Å². The van der Waals surface area contributed by atoms with Crippen LogP contribution in [0.2, 0.25) is 5.02 Å². The van der Waals surface area contributed by atoms with Crippen molar-refractivity contribution < 1.29 is 23.1 Å². The van der Waals surface area contributed by atoms with Gasteiger partial charge in [-0.15, -0.1) is 0 Å². The van der Waals surface area contributed by atoms with Gasteiger partial charge in [-0.05, 0) is 25.1 Å². The summed E-state index contributed by atoms with van der Waals surface area (Å²) in [7, 11) is -4.01. The van der Waals surface area contributed by atoms with E-state index in [2.05, 4.69) is 0 Å². The average Bonchev–Trinajstić information content (AvgIpc) is 2.27. The fourth-order valence-corrected chi connectivity index (χ4v) is 2.65. The third kappa shape index (κ3) is 2.62. The molecule has 1 aromatic rings. The largest absolute Gasteiger partial charge is 0.478 e. The maximum Gasteiger partial charge on any atom is 0.337 e. The number of primary amides is 1. The van der Waals surface area contributed by atoms with Gasteiger partial charge in [-0.25, -0.2) is 13.2 Å². The maximum absolute atomic E-state index is 11.9. The first-order valence-corrected chi connectivity index (χ1v) is 6.66. The number of carbonyl (C=O) groups is 2. The molecule has 0 bridgehead atoms. The Kier molecular flexibility index (Phi) is 3.98. The van der Waals surface area contributed by atoms with Crippen LogP contribution in [0.15, 0.2) is 23.1 Å². The number of carbonyl (C=O) groups excluding carboxylic acids is 1. The molecule has 1 unspecified atom stereocenters. The van der Waals surface area contributed by atoms with Gasteiger partial charge < -0.3 is 10.8 Å². The molecule has 98 valence electrons. The normalized spacial score (nSPS) is 13.0. The molecule has 0 heterocycles. The second kappa shape index (κ2) is 4.95. The first-order valence-electron chi connectivity index (χ1n) is 4.74. The molecule has 1 amide bonds. The van der Waals surface area contributed by atoms with Gasteiger partial charge in [0.05, 0.1) is 15.5 Å². The fraction of sp³-hybridized carbons (Fsp3) is 0.200. The van der Waals surface area contributed by atoms with E-state index in [1.165, 1.54) is 0 Å². The minimum atomic E-state index is -4.01. The number of benzene rings is 1. The highest BCUT2D eigenvalue weighted by atomic mass is 35.5. The summed E-state index contributed by atoms with van der Waals surface area (Å²) in [6, 6.07) is 3.18. The number of carboxylic acid groups (broad SMARTS) is 1. The molecule has 3 N–H and O–H groups in total. The van der Waals surface area contributed by atoms with Crippen LogP contribution >= 0.6 is 11.6 Å². The molecule has 0 saturated carbocycles. The van der Waals surface area contributed by atoms with Gasteiger partial charge in [0.25, 0.3) is 0 Å². The molecular weight excluding hydrogens is 282 g/mol. The van der Waals surface area contributed by atoms with Crippen LogP contribution in [-0.4, -0.2) is 30.7 Å². The van der Waals surface area contributed by atoms with Crippen molar-refractivity contribution in [2.24, 2.45) is 5.73 Å². The molecule has 0 aliphatic carbocycles. The number of sulfone groups is 1. The second-order valence-corrected chi connectivity index (χ2v) is 6.21. The van der Waals surface area contributed by atoms with Gasteiger partial charge in [0, 0.05) is 0 Å². The molecule has 0 spiro atoms. The zero-order valence-electron chi connectivity index (χ0n) is 9.25. The number of hydrogen-bond donors (Lipinski definition) is 2. The maximum atomic E-state index is 11.9. The molecular formula is C10H10ClNO5S. The van der Waals surface area contributed by atoms with Gasteiger partial charge >= 0.3 is 5.97 Å². The SMILES string of the molecule is CC(C(N)=O)S(=O)(=O)c1ccc(Cl)c(C(=O)O)c1. The molecule has 0 aromatic heterocycles. The summed E-state index contributed by atoms with van der Waals surface area (Å²) in [6.45, 7) is 1.13. The van der Waals surface area contributed by atoms with Gasteiger partial charge in [0.2, 0.25) is 5.91 Å². The third-order valence-corrected chi connectivity index (χ3v) is 4.77. The topological polar surface area (TPSA) is 115 Å². The number of amides is 1. The Morgan fingerprint density at radius 1 is 1.39 bits per heavy atom. The van der Waals surface area contributed by atoms with Gasteiger partial charge in [-0.2, -0.15) is 0 Å². The predicted molar refractivity (Wildman–Crippen MR) is 64.3 cm³/mol. The zero-order chi connectivity index (χ0) is 14.1. The number of aromatic carboxylic acids is 1. The summed E-state index contributed by atoms with van der Waals surface area (Å²) < 4.78 is 23.8. The highest BCUT2D eigenvalue weighted by Crippen LogP contribution is 2.23. The summed E-state index contributed by atoms with van der Waals surface area (Å²) in [6.07, 6.45) is 0. The van der Waals surface area contributed by atoms with E-state index in [0.29, 0.717) is 0 Å². The third-order valence-electron chi connectivity index (χ3n) is 2.36. The number of halogens is 1. The molecule has 6 nitrogen and oxygen atoms in total. The lowest BCUT2D eigenvalue weighted by atomic mass is 10.2. The van der Waals surface area contributed by atoms with Gasteiger partial charge in [0.1, 0.15) is 5.25 Å². The fourth-order valence-electron chi connectivity index (χ4n) is 1.20.